The van der Waals surface area contributed by atoms with Gasteiger partial charge in [-0.15, -0.1) is 0 Å². The number of aromatic nitrogens is 3. The van der Waals surface area contributed by atoms with Crippen LogP contribution in [0.2, 0.25) is 0 Å². The van der Waals surface area contributed by atoms with Gasteiger partial charge in [0.2, 0.25) is 0 Å². The van der Waals surface area contributed by atoms with Crippen molar-refractivity contribution in [3.8, 4) is 0 Å². The van der Waals surface area contributed by atoms with E-state index in [9.17, 15) is 0 Å². The first-order valence-electron chi connectivity index (χ1n) is 6.34. The van der Waals surface area contributed by atoms with Crippen LogP contribution < -0.4 is 5.32 Å². The first-order valence-corrected chi connectivity index (χ1v) is 6.34. The number of piperidine rings is 1. The Labute approximate surface area is 101 Å². The van der Waals surface area contributed by atoms with Gasteiger partial charge in [0.15, 0.2) is 5.65 Å². The number of hydrogen-bond acceptors (Lipinski definition) is 3. The van der Waals surface area contributed by atoms with Crippen LogP contribution in [0.5, 0.6) is 0 Å². The van der Waals surface area contributed by atoms with E-state index in [4.69, 9.17) is 0 Å². The zero-order valence-corrected chi connectivity index (χ0v) is 10.1. The van der Waals surface area contributed by atoms with Gasteiger partial charge in [-0.05, 0) is 31.8 Å². The molecule has 1 atom stereocenters. The maximum absolute atomic E-state index is 4.42. The molecule has 3 rings (SSSR count). The third-order valence-corrected chi connectivity index (χ3v) is 3.90. The molecule has 0 radical (unpaired) electrons. The van der Waals surface area contributed by atoms with Crippen LogP contribution in [0.4, 0.5) is 0 Å². The Bertz CT molecular complexity index is 499. The molecule has 1 fully saturated rings. The number of rotatable bonds is 2. The van der Waals surface area contributed by atoms with Gasteiger partial charge in [-0.25, -0.2) is 4.98 Å². The fraction of sp³-hybridized carbons (Fsp3) is 0.538. The molecule has 1 saturated heterocycles. The lowest BCUT2D eigenvalue weighted by Gasteiger charge is -2.28. The summed E-state index contributed by atoms with van der Waals surface area (Å²) < 4.78 is 2.17. The van der Waals surface area contributed by atoms with Crippen LogP contribution >= 0.6 is 0 Å². The number of hydrogen-bond donors (Lipinski definition) is 1. The first-order chi connectivity index (χ1) is 8.36. The molecule has 0 saturated carbocycles. The molecule has 4 heteroatoms. The predicted molar refractivity (Wildman–Crippen MR) is 67.0 cm³/mol. The molecule has 2 aromatic heterocycles. The number of imidazole rings is 1. The highest BCUT2D eigenvalue weighted by Crippen LogP contribution is 2.30. The SMILES string of the molecule is CC(c1cnc2cnccn12)C1CCNCC1. The molecule has 0 aromatic carbocycles. The van der Waals surface area contributed by atoms with E-state index in [2.05, 4.69) is 26.6 Å². The van der Waals surface area contributed by atoms with Crippen molar-refractivity contribution in [2.24, 2.45) is 5.92 Å². The maximum atomic E-state index is 4.42. The summed E-state index contributed by atoms with van der Waals surface area (Å²) in [4.78, 5) is 8.52. The van der Waals surface area contributed by atoms with Gasteiger partial charge in [-0.3, -0.25) is 4.98 Å². The van der Waals surface area contributed by atoms with Crippen molar-refractivity contribution in [1.29, 1.82) is 0 Å². The summed E-state index contributed by atoms with van der Waals surface area (Å²) in [6, 6.07) is 0. The third-order valence-electron chi connectivity index (χ3n) is 3.90. The molecule has 0 aliphatic carbocycles. The molecule has 90 valence electrons. The standard InChI is InChI=1S/C13H18N4/c1-10(11-2-4-14-5-3-11)12-8-16-13-9-15-6-7-17(12)13/h6-11,14H,2-5H2,1H3. The molecule has 0 bridgehead atoms. The molecule has 1 N–H and O–H groups in total. The van der Waals surface area contributed by atoms with Crippen LogP contribution in [-0.2, 0) is 0 Å². The average Bonchev–Trinajstić information content (AvgIpc) is 2.83. The van der Waals surface area contributed by atoms with Gasteiger partial charge >= 0.3 is 0 Å². The lowest BCUT2D eigenvalue weighted by molar-refractivity contribution is 0.326. The molecule has 17 heavy (non-hydrogen) atoms. The average molecular weight is 230 g/mol. The van der Waals surface area contributed by atoms with Gasteiger partial charge in [0.05, 0.1) is 6.20 Å². The van der Waals surface area contributed by atoms with E-state index < -0.39 is 0 Å². The Kier molecular flexibility index (Phi) is 2.81. The summed E-state index contributed by atoms with van der Waals surface area (Å²) in [5.41, 5.74) is 2.26. The topological polar surface area (TPSA) is 42.2 Å². The summed E-state index contributed by atoms with van der Waals surface area (Å²) >= 11 is 0. The first kappa shape index (κ1) is 10.7. The molecular formula is C13H18N4. The van der Waals surface area contributed by atoms with Gasteiger partial charge in [-0.1, -0.05) is 6.92 Å². The van der Waals surface area contributed by atoms with Gasteiger partial charge in [0.1, 0.15) is 0 Å². The van der Waals surface area contributed by atoms with Crippen molar-refractivity contribution in [1.82, 2.24) is 19.7 Å². The lowest BCUT2D eigenvalue weighted by atomic mass is 9.84. The van der Waals surface area contributed by atoms with Crippen LogP contribution in [0.1, 0.15) is 31.4 Å². The highest BCUT2D eigenvalue weighted by Gasteiger charge is 2.23. The predicted octanol–water partition coefficient (Wildman–Crippen LogP) is 1.83. The van der Waals surface area contributed by atoms with Crippen molar-refractivity contribution in [2.75, 3.05) is 13.1 Å². The van der Waals surface area contributed by atoms with Gasteiger partial charge < -0.3 is 9.72 Å². The largest absolute Gasteiger partial charge is 0.317 e. The third kappa shape index (κ3) is 1.93. The molecule has 0 spiro atoms. The van der Waals surface area contributed by atoms with Gasteiger partial charge in [0, 0.05) is 30.2 Å². The summed E-state index contributed by atoms with van der Waals surface area (Å²) in [7, 11) is 0. The normalized spacial score (nSPS) is 19.6. The van der Waals surface area contributed by atoms with Crippen LogP contribution in [0, 0.1) is 5.92 Å². The number of nitrogens with one attached hydrogen (secondary N) is 1. The van der Waals surface area contributed by atoms with E-state index in [-0.39, 0.29) is 0 Å². The second kappa shape index (κ2) is 4.45. The summed E-state index contributed by atoms with van der Waals surface area (Å²) in [5, 5.41) is 3.42. The number of nitrogens with zero attached hydrogens (tertiary/aromatic N) is 3. The summed E-state index contributed by atoms with van der Waals surface area (Å²) in [6.45, 7) is 4.61. The Hall–Kier alpha value is -1.42. The minimum atomic E-state index is 0.564. The Morgan fingerprint density at radius 2 is 2.18 bits per heavy atom. The highest BCUT2D eigenvalue weighted by molar-refractivity contribution is 5.37. The Morgan fingerprint density at radius 1 is 1.35 bits per heavy atom. The van der Waals surface area contributed by atoms with Crippen LogP contribution in [-0.4, -0.2) is 27.5 Å². The second-order valence-electron chi connectivity index (χ2n) is 4.86. The van der Waals surface area contributed by atoms with E-state index in [0.29, 0.717) is 5.92 Å². The molecule has 2 aromatic rings. The maximum Gasteiger partial charge on any atom is 0.155 e. The van der Waals surface area contributed by atoms with E-state index in [1.165, 1.54) is 18.5 Å². The van der Waals surface area contributed by atoms with E-state index in [1.54, 1.807) is 0 Å². The zero-order valence-electron chi connectivity index (χ0n) is 10.1. The van der Waals surface area contributed by atoms with Gasteiger partial charge in [-0.2, -0.15) is 0 Å². The summed E-state index contributed by atoms with van der Waals surface area (Å²) in [6.07, 6.45) is 10.2. The zero-order chi connectivity index (χ0) is 11.7. The molecular weight excluding hydrogens is 212 g/mol. The molecule has 1 unspecified atom stereocenters. The van der Waals surface area contributed by atoms with Crippen LogP contribution in [0.25, 0.3) is 5.65 Å². The number of fused-ring (bicyclic) bond motifs is 1. The molecule has 4 nitrogen and oxygen atoms in total. The molecule has 0 amide bonds. The minimum absolute atomic E-state index is 0.564. The second-order valence-corrected chi connectivity index (χ2v) is 4.86. The molecule has 1 aliphatic heterocycles. The van der Waals surface area contributed by atoms with Crippen molar-refractivity contribution in [3.63, 3.8) is 0 Å². The van der Waals surface area contributed by atoms with Crippen LogP contribution in [0.15, 0.2) is 24.8 Å². The highest BCUT2D eigenvalue weighted by atomic mass is 15.0. The van der Waals surface area contributed by atoms with E-state index in [1.807, 2.05) is 24.8 Å². The van der Waals surface area contributed by atoms with E-state index >= 15 is 0 Å². The fourth-order valence-electron chi connectivity index (χ4n) is 2.78. The van der Waals surface area contributed by atoms with Crippen molar-refractivity contribution in [3.05, 3.63) is 30.5 Å². The van der Waals surface area contributed by atoms with Gasteiger partial charge in [0.25, 0.3) is 0 Å². The van der Waals surface area contributed by atoms with Crippen molar-refractivity contribution >= 4 is 5.65 Å². The quantitative estimate of drug-likeness (QED) is 0.856. The molecule has 3 heterocycles. The van der Waals surface area contributed by atoms with Crippen molar-refractivity contribution < 1.29 is 0 Å². The summed E-state index contributed by atoms with van der Waals surface area (Å²) in [5.74, 6) is 1.33. The van der Waals surface area contributed by atoms with Crippen molar-refractivity contribution in [2.45, 2.75) is 25.7 Å². The smallest absolute Gasteiger partial charge is 0.155 e. The molecule has 1 aliphatic rings. The monoisotopic (exact) mass is 230 g/mol. The minimum Gasteiger partial charge on any atom is -0.317 e. The Morgan fingerprint density at radius 3 is 3.00 bits per heavy atom. The van der Waals surface area contributed by atoms with E-state index in [0.717, 1.165) is 24.7 Å². The fourth-order valence-corrected chi connectivity index (χ4v) is 2.78. The Balaban J connectivity index is 1.92. The lowest BCUT2D eigenvalue weighted by Crippen LogP contribution is -2.30. The van der Waals surface area contributed by atoms with Crippen LogP contribution in [0.3, 0.4) is 0 Å².